The Morgan fingerprint density at radius 3 is 2.79 bits per heavy atom. The highest BCUT2D eigenvalue weighted by Crippen LogP contribution is 2.44. The molecule has 0 saturated carbocycles. The maximum Gasteiger partial charge on any atom is 0.404 e. The summed E-state index contributed by atoms with van der Waals surface area (Å²) >= 11 is 0. The van der Waals surface area contributed by atoms with Crippen molar-refractivity contribution >= 4 is 5.91 Å². The Hall–Kier alpha value is -1.50. The minimum Gasteiger partial charge on any atom is -0.467 e. The topological polar surface area (TPSA) is 45.5 Å². The smallest absolute Gasteiger partial charge is 0.404 e. The van der Waals surface area contributed by atoms with Crippen LogP contribution in [-0.4, -0.2) is 37.1 Å². The minimum atomic E-state index is -4.55. The highest BCUT2D eigenvalue weighted by molar-refractivity contribution is 5.84. The second-order valence-corrected chi connectivity index (χ2v) is 4.75. The third kappa shape index (κ3) is 2.47. The molecule has 1 aliphatic rings. The molecule has 0 aliphatic carbocycles. The van der Waals surface area contributed by atoms with Crippen LogP contribution in [0.1, 0.15) is 12.2 Å². The molecule has 1 aliphatic heterocycles. The van der Waals surface area contributed by atoms with E-state index < -0.39 is 17.5 Å². The van der Waals surface area contributed by atoms with Crippen LogP contribution in [0, 0.1) is 5.41 Å². The van der Waals surface area contributed by atoms with Crippen molar-refractivity contribution in [2.45, 2.75) is 19.1 Å². The molecule has 7 heteroatoms. The second kappa shape index (κ2) is 4.88. The third-order valence-electron chi connectivity index (χ3n) is 3.43. The normalized spacial score (nSPS) is 23.6. The second-order valence-electron chi connectivity index (χ2n) is 4.75. The lowest BCUT2D eigenvalue weighted by Crippen LogP contribution is -2.52. The number of amides is 1. The largest absolute Gasteiger partial charge is 0.467 e. The Morgan fingerprint density at radius 1 is 1.58 bits per heavy atom. The number of nitrogens with one attached hydrogen (secondary N) is 1. The Labute approximate surface area is 108 Å². The quantitative estimate of drug-likeness (QED) is 0.915. The van der Waals surface area contributed by atoms with Crippen molar-refractivity contribution in [3.8, 4) is 0 Å². The van der Waals surface area contributed by atoms with Crippen LogP contribution in [0.2, 0.25) is 0 Å². The molecule has 1 saturated heterocycles. The molecular weight excluding hydrogens is 261 g/mol. The molecule has 0 bridgehead atoms. The number of furan rings is 1. The first-order valence-electron chi connectivity index (χ1n) is 5.92. The van der Waals surface area contributed by atoms with Gasteiger partial charge in [-0.15, -0.1) is 0 Å². The molecule has 19 heavy (non-hydrogen) atoms. The lowest BCUT2D eigenvalue weighted by Gasteiger charge is -2.33. The predicted molar refractivity (Wildman–Crippen MR) is 61.2 cm³/mol. The van der Waals surface area contributed by atoms with Gasteiger partial charge in [0.1, 0.15) is 5.76 Å². The van der Waals surface area contributed by atoms with Crippen LogP contribution in [0.5, 0.6) is 0 Å². The predicted octanol–water partition coefficient (Wildman–Crippen LogP) is 1.78. The first-order valence-corrected chi connectivity index (χ1v) is 5.92. The number of halogens is 3. The molecule has 0 spiro atoms. The van der Waals surface area contributed by atoms with E-state index in [0.29, 0.717) is 5.76 Å². The summed E-state index contributed by atoms with van der Waals surface area (Å²) in [5, 5.41) is 2.62. The summed E-state index contributed by atoms with van der Waals surface area (Å²) in [6.45, 7) is -0.138. The molecule has 2 rings (SSSR count). The molecule has 1 N–H and O–H groups in total. The van der Waals surface area contributed by atoms with Crippen LogP contribution in [0.4, 0.5) is 13.2 Å². The van der Waals surface area contributed by atoms with Gasteiger partial charge in [-0.3, -0.25) is 4.79 Å². The van der Waals surface area contributed by atoms with Gasteiger partial charge in [0, 0.05) is 13.6 Å². The number of alkyl halides is 3. The van der Waals surface area contributed by atoms with E-state index in [2.05, 4.69) is 5.32 Å². The average Bonchev–Trinajstić information content (AvgIpc) is 2.97. The molecule has 1 amide bonds. The number of hydrogen-bond acceptors (Lipinski definition) is 3. The van der Waals surface area contributed by atoms with Gasteiger partial charge in [-0.1, -0.05) is 0 Å². The summed E-state index contributed by atoms with van der Waals surface area (Å²) in [6, 6.07) is 3.25. The number of hydrogen-bond donors (Lipinski definition) is 1. The summed E-state index contributed by atoms with van der Waals surface area (Å²) in [5.41, 5.74) is -2.31. The molecular formula is C12H15F3N2O2. The summed E-state index contributed by atoms with van der Waals surface area (Å²) < 4.78 is 44.6. The van der Waals surface area contributed by atoms with Crippen LogP contribution in [-0.2, 0) is 11.3 Å². The van der Waals surface area contributed by atoms with E-state index >= 15 is 0 Å². The summed E-state index contributed by atoms with van der Waals surface area (Å²) in [7, 11) is 1.36. The van der Waals surface area contributed by atoms with E-state index in [1.54, 1.807) is 12.1 Å². The van der Waals surface area contributed by atoms with Gasteiger partial charge in [-0.2, -0.15) is 13.2 Å². The van der Waals surface area contributed by atoms with Crippen LogP contribution >= 0.6 is 0 Å². The van der Waals surface area contributed by atoms with Gasteiger partial charge in [-0.05, 0) is 25.1 Å². The molecule has 1 aromatic rings. The standard InChI is InChI=1S/C12H15F3N2O2/c1-17(7-9-3-2-6-19-9)10(18)11(12(13,14)15)4-5-16-8-11/h2-3,6,16H,4-5,7-8H2,1H3. The third-order valence-corrected chi connectivity index (χ3v) is 3.43. The van der Waals surface area contributed by atoms with Crippen molar-refractivity contribution in [3.63, 3.8) is 0 Å². The van der Waals surface area contributed by atoms with Gasteiger partial charge in [0.15, 0.2) is 5.41 Å². The van der Waals surface area contributed by atoms with Crippen molar-refractivity contribution in [1.29, 1.82) is 0 Å². The Kier molecular flexibility index (Phi) is 3.58. The van der Waals surface area contributed by atoms with Gasteiger partial charge in [0.25, 0.3) is 0 Å². The SMILES string of the molecule is CN(Cc1ccco1)C(=O)C1(C(F)(F)F)CCNC1. The van der Waals surface area contributed by atoms with Crippen LogP contribution in [0.15, 0.2) is 22.8 Å². The van der Waals surface area contributed by atoms with Gasteiger partial charge in [0.2, 0.25) is 5.91 Å². The Balaban J connectivity index is 2.16. The first kappa shape index (κ1) is 13.9. The molecule has 1 fully saturated rings. The lowest BCUT2D eigenvalue weighted by atomic mass is 9.84. The highest BCUT2D eigenvalue weighted by atomic mass is 19.4. The first-order chi connectivity index (χ1) is 8.87. The van der Waals surface area contributed by atoms with Gasteiger partial charge >= 0.3 is 6.18 Å². The van der Waals surface area contributed by atoms with Crippen LogP contribution in [0.3, 0.4) is 0 Å². The van der Waals surface area contributed by atoms with Gasteiger partial charge in [-0.25, -0.2) is 0 Å². The minimum absolute atomic E-state index is 0.0314. The number of carbonyl (C=O) groups excluding carboxylic acids is 1. The number of nitrogens with zero attached hydrogens (tertiary/aromatic N) is 1. The Morgan fingerprint density at radius 2 is 2.32 bits per heavy atom. The van der Waals surface area contributed by atoms with Crippen molar-refractivity contribution in [3.05, 3.63) is 24.2 Å². The summed E-state index contributed by atoms with van der Waals surface area (Å²) in [5.74, 6) is -0.458. The zero-order chi connectivity index (χ0) is 14.1. The van der Waals surface area contributed by atoms with Crippen molar-refractivity contribution < 1.29 is 22.4 Å². The molecule has 2 heterocycles. The summed E-state index contributed by atoms with van der Waals surface area (Å²) in [6.07, 6.45) is -3.35. The van der Waals surface area contributed by atoms with E-state index in [-0.39, 0.29) is 26.1 Å². The fourth-order valence-corrected chi connectivity index (χ4v) is 2.31. The fraction of sp³-hybridized carbons (Fsp3) is 0.583. The molecule has 0 aromatic carbocycles. The molecule has 106 valence electrons. The highest BCUT2D eigenvalue weighted by Gasteiger charge is 2.62. The van der Waals surface area contributed by atoms with Crippen molar-refractivity contribution in [2.24, 2.45) is 5.41 Å². The van der Waals surface area contributed by atoms with E-state index in [1.165, 1.54) is 13.3 Å². The number of carbonyl (C=O) groups is 1. The van der Waals surface area contributed by atoms with Gasteiger partial charge < -0.3 is 14.6 Å². The average molecular weight is 276 g/mol. The van der Waals surface area contributed by atoms with Crippen molar-refractivity contribution in [2.75, 3.05) is 20.1 Å². The van der Waals surface area contributed by atoms with E-state index in [0.717, 1.165) is 4.90 Å². The molecule has 1 atom stereocenters. The zero-order valence-electron chi connectivity index (χ0n) is 10.5. The maximum atomic E-state index is 13.2. The van der Waals surface area contributed by atoms with Crippen LogP contribution in [0.25, 0.3) is 0 Å². The molecule has 4 nitrogen and oxygen atoms in total. The van der Waals surface area contributed by atoms with Crippen molar-refractivity contribution in [1.82, 2.24) is 10.2 Å². The molecule has 0 radical (unpaired) electrons. The molecule has 1 unspecified atom stereocenters. The van der Waals surface area contributed by atoms with E-state index in [1.807, 2.05) is 0 Å². The monoisotopic (exact) mass is 276 g/mol. The molecule has 1 aromatic heterocycles. The van der Waals surface area contributed by atoms with E-state index in [4.69, 9.17) is 4.42 Å². The fourth-order valence-electron chi connectivity index (χ4n) is 2.31. The maximum absolute atomic E-state index is 13.2. The lowest BCUT2D eigenvalue weighted by molar-refractivity contribution is -0.221. The zero-order valence-corrected chi connectivity index (χ0v) is 10.5. The van der Waals surface area contributed by atoms with Gasteiger partial charge in [0.05, 0.1) is 12.8 Å². The Bertz CT molecular complexity index is 436. The summed E-state index contributed by atoms with van der Waals surface area (Å²) in [4.78, 5) is 13.2. The van der Waals surface area contributed by atoms with E-state index in [9.17, 15) is 18.0 Å². The number of rotatable bonds is 3. The van der Waals surface area contributed by atoms with Crippen LogP contribution < -0.4 is 5.32 Å².